The van der Waals surface area contributed by atoms with Crippen molar-refractivity contribution in [3.63, 3.8) is 0 Å². The summed E-state index contributed by atoms with van der Waals surface area (Å²) >= 11 is 0. The van der Waals surface area contributed by atoms with E-state index in [0.717, 1.165) is 0 Å². The Morgan fingerprint density at radius 2 is 2.11 bits per heavy atom. The molecule has 0 aliphatic rings. The number of nitrogens with two attached hydrogens (primary N) is 1. The van der Waals surface area contributed by atoms with Gasteiger partial charge in [-0.15, -0.1) is 19.0 Å². The van der Waals surface area contributed by atoms with Crippen LogP contribution >= 0.6 is 12.4 Å². The Morgan fingerprint density at radius 1 is 1.67 bits per heavy atom. The minimum absolute atomic E-state index is 0. The summed E-state index contributed by atoms with van der Waals surface area (Å²) in [6.45, 7) is 3.46. The van der Waals surface area contributed by atoms with E-state index < -0.39 is 10.2 Å². The van der Waals surface area contributed by atoms with Crippen molar-refractivity contribution in [2.45, 2.75) is 0 Å². The third-order valence-electron chi connectivity index (χ3n) is 0.429. The zero-order chi connectivity index (χ0) is 6.62. The number of halogens is 1. The van der Waals surface area contributed by atoms with Crippen molar-refractivity contribution in [2.24, 2.45) is 5.14 Å². The van der Waals surface area contributed by atoms with Gasteiger partial charge in [0.15, 0.2) is 0 Å². The van der Waals surface area contributed by atoms with Gasteiger partial charge in [-0.3, -0.25) is 0 Å². The number of hydrogen-bond acceptors (Lipinski definition) is 2. The first-order valence-electron chi connectivity index (χ1n) is 1.94. The molecule has 3 N–H and O–H groups in total. The normalized spacial score (nSPS) is 9.89. The molecule has 0 radical (unpaired) electrons. The lowest BCUT2D eigenvalue weighted by Crippen LogP contribution is -2.30. The van der Waals surface area contributed by atoms with Crippen LogP contribution in [0.5, 0.6) is 0 Å². The van der Waals surface area contributed by atoms with E-state index in [0.29, 0.717) is 0 Å². The summed E-state index contributed by atoms with van der Waals surface area (Å²) in [5.74, 6) is 0. The van der Waals surface area contributed by atoms with Gasteiger partial charge in [-0.1, -0.05) is 6.08 Å². The van der Waals surface area contributed by atoms with E-state index >= 15 is 0 Å². The summed E-state index contributed by atoms with van der Waals surface area (Å²) in [7, 11) is -3.51. The molecule has 0 aliphatic carbocycles. The van der Waals surface area contributed by atoms with Crippen LogP contribution in [-0.4, -0.2) is 15.0 Å². The summed E-state index contributed by atoms with van der Waals surface area (Å²) in [4.78, 5) is 0. The molecule has 0 spiro atoms. The number of rotatable bonds is 3. The molecule has 9 heavy (non-hydrogen) atoms. The lowest BCUT2D eigenvalue weighted by molar-refractivity contribution is 0.587. The Morgan fingerprint density at radius 3 is 2.22 bits per heavy atom. The first kappa shape index (κ1) is 11.7. The molecule has 0 aromatic rings. The SMILES string of the molecule is C=CCNS(N)(=O)=O.Cl. The minimum Gasteiger partial charge on any atom is -0.216 e. The molecule has 0 rings (SSSR count). The van der Waals surface area contributed by atoms with Crippen molar-refractivity contribution in [3.05, 3.63) is 12.7 Å². The van der Waals surface area contributed by atoms with Gasteiger partial charge in [-0.2, -0.15) is 13.1 Å². The highest BCUT2D eigenvalue weighted by Gasteiger charge is 1.94. The van der Waals surface area contributed by atoms with Crippen molar-refractivity contribution in [1.82, 2.24) is 4.72 Å². The summed E-state index contributed by atoms with van der Waals surface area (Å²) in [6.07, 6.45) is 1.41. The van der Waals surface area contributed by atoms with Crippen molar-refractivity contribution in [2.75, 3.05) is 6.54 Å². The quantitative estimate of drug-likeness (QED) is 0.558. The van der Waals surface area contributed by atoms with Gasteiger partial charge in [0.1, 0.15) is 0 Å². The Hall–Kier alpha value is -0.100. The molecule has 0 fully saturated rings. The summed E-state index contributed by atoms with van der Waals surface area (Å²) < 4.78 is 22.0. The molecule has 0 heterocycles. The highest BCUT2D eigenvalue weighted by Crippen LogP contribution is 1.64. The molecule has 4 nitrogen and oxygen atoms in total. The summed E-state index contributed by atoms with van der Waals surface area (Å²) in [5, 5.41) is 4.53. The van der Waals surface area contributed by atoms with Crippen LogP contribution in [-0.2, 0) is 10.2 Å². The lowest BCUT2D eigenvalue weighted by Gasteiger charge is -1.92. The van der Waals surface area contributed by atoms with E-state index in [1.807, 2.05) is 4.72 Å². The van der Waals surface area contributed by atoms with Crippen LogP contribution in [0.1, 0.15) is 0 Å². The average molecular weight is 173 g/mol. The van der Waals surface area contributed by atoms with Crippen molar-refractivity contribution < 1.29 is 8.42 Å². The Kier molecular flexibility index (Phi) is 6.16. The first-order chi connectivity index (χ1) is 3.56. The maximum atomic E-state index is 10.0. The van der Waals surface area contributed by atoms with E-state index in [2.05, 4.69) is 11.7 Å². The van der Waals surface area contributed by atoms with Gasteiger partial charge in [0.2, 0.25) is 0 Å². The Bertz CT molecular complexity index is 165. The third kappa shape index (κ3) is 11.5. The van der Waals surface area contributed by atoms with E-state index in [1.54, 1.807) is 0 Å². The van der Waals surface area contributed by atoms with Crippen LogP contribution in [0.15, 0.2) is 12.7 Å². The smallest absolute Gasteiger partial charge is 0.216 e. The standard InChI is InChI=1S/C3H8N2O2S.ClH/c1-2-3-5-8(4,6)7;/h2,5H,1,3H2,(H2,4,6,7);1H. The maximum Gasteiger partial charge on any atom is 0.274 e. The van der Waals surface area contributed by atoms with Crippen LogP contribution in [0.4, 0.5) is 0 Å². The molecule has 6 heteroatoms. The van der Waals surface area contributed by atoms with Gasteiger partial charge in [0.25, 0.3) is 10.2 Å². The van der Waals surface area contributed by atoms with E-state index in [-0.39, 0.29) is 19.0 Å². The number of hydrogen-bond donors (Lipinski definition) is 2. The molecule has 0 bridgehead atoms. The zero-order valence-electron chi connectivity index (χ0n) is 4.70. The van der Waals surface area contributed by atoms with Crippen molar-refractivity contribution in [1.29, 1.82) is 0 Å². The van der Waals surface area contributed by atoms with E-state index in [9.17, 15) is 8.42 Å². The third-order valence-corrected chi connectivity index (χ3v) is 0.998. The second-order valence-corrected chi connectivity index (χ2v) is 2.56. The van der Waals surface area contributed by atoms with Gasteiger partial charge < -0.3 is 0 Å². The highest BCUT2D eigenvalue weighted by molar-refractivity contribution is 7.87. The topological polar surface area (TPSA) is 72.2 Å². The molecule has 0 saturated heterocycles. The molecule has 0 amide bonds. The Labute approximate surface area is 60.7 Å². The molecular weight excluding hydrogens is 164 g/mol. The van der Waals surface area contributed by atoms with Crippen LogP contribution in [0, 0.1) is 0 Å². The van der Waals surface area contributed by atoms with E-state index in [1.165, 1.54) is 6.08 Å². The van der Waals surface area contributed by atoms with Gasteiger partial charge in [-0.05, 0) is 0 Å². The molecule has 0 aromatic heterocycles. The molecule has 0 atom stereocenters. The fraction of sp³-hybridized carbons (Fsp3) is 0.333. The van der Waals surface area contributed by atoms with Gasteiger partial charge >= 0.3 is 0 Å². The second-order valence-electron chi connectivity index (χ2n) is 1.18. The molecule has 56 valence electrons. The predicted octanol–water partition coefficient (Wildman–Crippen LogP) is -0.613. The minimum atomic E-state index is -3.51. The predicted molar refractivity (Wildman–Crippen MR) is 38.6 cm³/mol. The van der Waals surface area contributed by atoms with Crippen LogP contribution < -0.4 is 9.86 Å². The van der Waals surface area contributed by atoms with Crippen LogP contribution in [0.25, 0.3) is 0 Å². The second kappa shape index (κ2) is 4.75. The van der Waals surface area contributed by atoms with Crippen molar-refractivity contribution >= 4 is 22.6 Å². The molecular formula is C3H9ClN2O2S. The van der Waals surface area contributed by atoms with Gasteiger partial charge in [0, 0.05) is 6.54 Å². The lowest BCUT2D eigenvalue weighted by atomic mass is 10.7. The van der Waals surface area contributed by atoms with Gasteiger partial charge in [-0.25, -0.2) is 5.14 Å². The average Bonchev–Trinajstić information content (AvgIpc) is 1.59. The Balaban J connectivity index is 0. The van der Waals surface area contributed by atoms with Crippen LogP contribution in [0.2, 0.25) is 0 Å². The number of nitrogens with one attached hydrogen (secondary N) is 1. The van der Waals surface area contributed by atoms with Crippen LogP contribution in [0.3, 0.4) is 0 Å². The fourth-order valence-electron chi connectivity index (χ4n) is 0.175. The summed E-state index contributed by atoms with van der Waals surface area (Å²) in [6, 6.07) is 0. The van der Waals surface area contributed by atoms with Gasteiger partial charge in [0.05, 0.1) is 0 Å². The molecule has 0 saturated carbocycles. The van der Waals surface area contributed by atoms with E-state index in [4.69, 9.17) is 0 Å². The maximum absolute atomic E-state index is 10.0. The molecule has 0 aliphatic heterocycles. The fourth-order valence-corrected chi connectivity index (χ4v) is 0.525. The summed E-state index contributed by atoms with van der Waals surface area (Å²) in [5.41, 5.74) is 0. The first-order valence-corrected chi connectivity index (χ1v) is 3.49. The molecule has 0 aromatic carbocycles. The molecule has 0 unspecified atom stereocenters. The zero-order valence-corrected chi connectivity index (χ0v) is 6.33. The largest absolute Gasteiger partial charge is 0.274 e. The monoisotopic (exact) mass is 172 g/mol. The van der Waals surface area contributed by atoms with Crippen molar-refractivity contribution in [3.8, 4) is 0 Å². The highest BCUT2D eigenvalue weighted by atomic mass is 35.5.